The third-order valence-corrected chi connectivity index (χ3v) is 4.82. The number of hydrogen-bond acceptors (Lipinski definition) is 3. The predicted octanol–water partition coefficient (Wildman–Crippen LogP) is 2.66. The van der Waals surface area contributed by atoms with Crippen LogP contribution in [0.5, 0.6) is 0 Å². The minimum Gasteiger partial charge on any atom is -0.387 e. The molecule has 15 heavy (non-hydrogen) atoms. The average Bonchev–Trinajstić information content (AvgIpc) is 2.91. The van der Waals surface area contributed by atoms with Gasteiger partial charge < -0.3 is 9.84 Å². The van der Waals surface area contributed by atoms with Crippen LogP contribution >= 0.6 is 11.3 Å². The summed E-state index contributed by atoms with van der Waals surface area (Å²) < 4.78 is 5.79. The minimum absolute atomic E-state index is 0.305. The number of ether oxygens (including phenoxy) is 1. The van der Waals surface area contributed by atoms with E-state index in [1.165, 1.54) is 12.0 Å². The van der Waals surface area contributed by atoms with Crippen molar-refractivity contribution in [1.29, 1.82) is 0 Å². The second-order valence-corrected chi connectivity index (χ2v) is 5.63. The molecule has 2 saturated heterocycles. The van der Waals surface area contributed by atoms with E-state index in [4.69, 9.17) is 4.74 Å². The fourth-order valence-electron chi connectivity index (χ4n) is 2.89. The van der Waals surface area contributed by atoms with Gasteiger partial charge in [0.2, 0.25) is 0 Å². The maximum Gasteiger partial charge on any atom is 0.0938 e. The van der Waals surface area contributed by atoms with Crippen LogP contribution in [0, 0.1) is 12.8 Å². The number of aryl methyl sites for hydroxylation is 1. The molecule has 2 nitrogen and oxygen atoms in total. The van der Waals surface area contributed by atoms with Crippen LogP contribution in [0.2, 0.25) is 0 Å². The number of aliphatic hydroxyl groups is 1. The van der Waals surface area contributed by atoms with Crippen molar-refractivity contribution in [3.05, 3.63) is 21.9 Å². The van der Waals surface area contributed by atoms with Gasteiger partial charge >= 0.3 is 0 Å². The molecule has 0 spiro atoms. The zero-order chi connectivity index (χ0) is 10.4. The summed E-state index contributed by atoms with van der Waals surface area (Å²) in [6.07, 6.45) is 3.80. The highest BCUT2D eigenvalue weighted by Gasteiger charge is 2.44. The molecule has 4 atom stereocenters. The van der Waals surface area contributed by atoms with Crippen LogP contribution in [-0.4, -0.2) is 17.3 Å². The molecule has 4 unspecified atom stereocenters. The van der Waals surface area contributed by atoms with E-state index in [1.807, 2.05) is 0 Å². The lowest BCUT2D eigenvalue weighted by molar-refractivity contribution is 0.0436. The molecule has 2 aliphatic rings. The van der Waals surface area contributed by atoms with Gasteiger partial charge in [-0.25, -0.2) is 0 Å². The van der Waals surface area contributed by atoms with Gasteiger partial charge in [-0.3, -0.25) is 0 Å². The van der Waals surface area contributed by atoms with Crippen molar-refractivity contribution in [2.24, 2.45) is 5.92 Å². The SMILES string of the molecule is Cc1ccsc1C(O)C1CC2CCC1O2. The van der Waals surface area contributed by atoms with Crippen molar-refractivity contribution < 1.29 is 9.84 Å². The summed E-state index contributed by atoms with van der Waals surface area (Å²) in [5.41, 5.74) is 1.22. The van der Waals surface area contributed by atoms with Crippen LogP contribution in [0.1, 0.15) is 35.8 Å². The smallest absolute Gasteiger partial charge is 0.0938 e. The summed E-state index contributed by atoms with van der Waals surface area (Å²) in [6, 6.07) is 2.08. The van der Waals surface area contributed by atoms with Crippen LogP contribution in [-0.2, 0) is 4.74 Å². The molecule has 2 aliphatic heterocycles. The molecule has 0 saturated carbocycles. The van der Waals surface area contributed by atoms with Crippen molar-refractivity contribution in [3.63, 3.8) is 0 Å². The number of aliphatic hydroxyl groups excluding tert-OH is 1. The fourth-order valence-corrected chi connectivity index (χ4v) is 3.88. The molecule has 1 aromatic heterocycles. The number of rotatable bonds is 2. The van der Waals surface area contributed by atoms with E-state index in [0.717, 1.165) is 17.7 Å². The topological polar surface area (TPSA) is 29.5 Å². The van der Waals surface area contributed by atoms with Crippen molar-refractivity contribution in [3.8, 4) is 0 Å². The van der Waals surface area contributed by atoms with E-state index < -0.39 is 0 Å². The van der Waals surface area contributed by atoms with Gasteiger partial charge in [-0.1, -0.05) is 0 Å². The Hall–Kier alpha value is -0.380. The monoisotopic (exact) mass is 224 g/mol. The van der Waals surface area contributed by atoms with Gasteiger partial charge in [-0.15, -0.1) is 11.3 Å². The highest BCUT2D eigenvalue weighted by molar-refractivity contribution is 7.10. The second kappa shape index (κ2) is 3.58. The maximum atomic E-state index is 10.3. The summed E-state index contributed by atoms with van der Waals surface area (Å²) >= 11 is 1.67. The molecule has 3 rings (SSSR count). The van der Waals surface area contributed by atoms with Crippen molar-refractivity contribution >= 4 is 11.3 Å². The number of hydrogen-bond donors (Lipinski definition) is 1. The molecule has 0 amide bonds. The molecule has 82 valence electrons. The van der Waals surface area contributed by atoms with Crippen molar-refractivity contribution in [1.82, 2.24) is 0 Å². The molecule has 0 radical (unpaired) electrons. The van der Waals surface area contributed by atoms with Crippen LogP contribution in [0.4, 0.5) is 0 Å². The lowest BCUT2D eigenvalue weighted by Gasteiger charge is -2.24. The first-order valence-electron chi connectivity index (χ1n) is 5.63. The Balaban J connectivity index is 1.81. The first-order chi connectivity index (χ1) is 7.25. The molecular formula is C12H16O2S. The third kappa shape index (κ3) is 1.53. The standard InChI is InChI=1S/C12H16O2S/c1-7-4-5-15-12(7)11(13)9-6-8-2-3-10(9)14-8/h4-5,8-11,13H,2-3,6H2,1H3. The van der Waals surface area contributed by atoms with E-state index in [0.29, 0.717) is 18.1 Å². The molecular weight excluding hydrogens is 208 g/mol. The van der Waals surface area contributed by atoms with E-state index in [1.54, 1.807) is 11.3 Å². The van der Waals surface area contributed by atoms with Gasteiger partial charge in [0.15, 0.2) is 0 Å². The first kappa shape index (κ1) is 9.82. The van der Waals surface area contributed by atoms with E-state index in [9.17, 15) is 5.11 Å². The van der Waals surface area contributed by atoms with Gasteiger partial charge in [0.1, 0.15) is 0 Å². The Morgan fingerprint density at radius 2 is 2.40 bits per heavy atom. The fraction of sp³-hybridized carbons (Fsp3) is 0.667. The minimum atomic E-state index is -0.305. The lowest BCUT2D eigenvalue weighted by Crippen LogP contribution is -2.23. The van der Waals surface area contributed by atoms with Crippen LogP contribution in [0.3, 0.4) is 0 Å². The molecule has 3 heterocycles. The van der Waals surface area contributed by atoms with Gasteiger partial charge in [0.25, 0.3) is 0 Å². The Labute approximate surface area is 93.9 Å². The Bertz CT molecular complexity index is 360. The maximum absolute atomic E-state index is 10.3. The molecule has 1 aromatic rings. The van der Waals surface area contributed by atoms with Gasteiger partial charge in [0, 0.05) is 10.8 Å². The quantitative estimate of drug-likeness (QED) is 0.837. The van der Waals surface area contributed by atoms with Crippen molar-refractivity contribution in [2.45, 2.75) is 44.5 Å². The summed E-state index contributed by atoms with van der Waals surface area (Å²) in [4.78, 5) is 1.14. The summed E-state index contributed by atoms with van der Waals surface area (Å²) in [5, 5.41) is 12.4. The lowest BCUT2D eigenvalue weighted by atomic mass is 9.84. The number of fused-ring (bicyclic) bond motifs is 2. The third-order valence-electron chi connectivity index (χ3n) is 3.73. The summed E-state index contributed by atoms with van der Waals surface area (Å²) in [5.74, 6) is 0.334. The van der Waals surface area contributed by atoms with Crippen molar-refractivity contribution in [2.75, 3.05) is 0 Å². The summed E-state index contributed by atoms with van der Waals surface area (Å²) in [7, 11) is 0. The van der Waals surface area contributed by atoms with Gasteiger partial charge in [-0.2, -0.15) is 0 Å². The largest absolute Gasteiger partial charge is 0.387 e. The highest BCUT2D eigenvalue weighted by atomic mass is 32.1. The van der Waals surface area contributed by atoms with E-state index in [2.05, 4.69) is 18.4 Å². The van der Waals surface area contributed by atoms with Crippen LogP contribution in [0.25, 0.3) is 0 Å². The molecule has 2 bridgehead atoms. The zero-order valence-corrected chi connectivity index (χ0v) is 9.67. The van der Waals surface area contributed by atoms with Gasteiger partial charge in [0.05, 0.1) is 18.3 Å². The molecule has 2 fully saturated rings. The van der Waals surface area contributed by atoms with Crippen LogP contribution in [0.15, 0.2) is 11.4 Å². The average molecular weight is 224 g/mol. The second-order valence-electron chi connectivity index (χ2n) is 4.69. The zero-order valence-electron chi connectivity index (χ0n) is 8.85. The molecule has 1 N–H and O–H groups in total. The van der Waals surface area contributed by atoms with E-state index in [-0.39, 0.29) is 6.10 Å². The Morgan fingerprint density at radius 1 is 1.53 bits per heavy atom. The van der Waals surface area contributed by atoms with E-state index >= 15 is 0 Å². The summed E-state index contributed by atoms with van der Waals surface area (Å²) in [6.45, 7) is 2.07. The first-order valence-corrected chi connectivity index (χ1v) is 6.51. The van der Waals surface area contributed by atoms with Crippen LogP contribution < -0.4 is 0 Å². The molecule has 0 aliphatic carbocycles. The number of thiophene rings is 1. The predicted molar refractivity (Wildman–Crippen MR) is 60.0 cm³/mol. The van der Waals surface area contributed by atoms with Gasteiger partial charge in [-0.05, 0) is 43.2 Å². The molecule has 3 heteroatoms. The Morgan fingerprint density at radius 3 is 2.93 bits per heavy atom. The normalized spacial score (nSPS) is 36.0. The Kier molecular flexibility index (Phi) is 2.34. The highest BCUT2D eigenvalue weighted by Crippen LogP contribution is 2.45. The molecule has 0 aromatic carbocycles.